The van der Waals surface area contributed by atoms with Crippen LogP contribution in [0, 0.1) is 0 Å². The SMILES string of the molecule is O=S(=O)(Nc1cnn(Cc2ccc(Br)cc2)c1)c1cccc2nonc12. The van der Waals surface area contributed by atoms with Gasteiger partial charge in [-0.25, -0.2) is 13.0 Å². The van der Waals surface area contributed by atoms with Crippen molar-refractivity contribution >= 4 is 42.7 Å². The maximum absolute atomic E-state index is 12.7. The lowest BCUT2D eigenvalue weighted by atomic mass is 10.2. The highest BCUT2D eigenvalue weighted by atomic mass is 79.9. The highest BCUT2D eigenvalue weighted by Gasteiger charge is 2.21. The third-order valence-electron chi connectivity index (χ3n) is 3.68. The van der Waals surface area contributed by atoms with Gasteiger partial charge in [-0.15, -0.1) is 0 Å². The van der Waals surface area contributed by atoms with Crippen LogP contribution in [0.5, 0.6) is 0 Å². The fourth-order valence-electron chi connectivity index (χ4n) is 2.49. The molecular weight excluding hydrogens is 422 g/mol. The lowest BCUT2D eigenvalue weighted by Gasteiger charge is -2.05. The zero-order chi connectivity index (χ0) is 18.1. The van der Waals surface area contributed by atoms with Crippen molar-refractivity contribution < 1.29 is 13.0 Å². The fourth-order valence-corrected chi connectivity index (χ4v) is 3.93. The molecule has 2 aromatic carbocycles. The zero-order valence-corrected chi connectivity index (χ0v) is 15.6. The molecule has 0 bridgehead atoms. The molecule has 8 nitrogen and oxygen atoms in total. The number of nitrogens with one attached hydrogen (secondary N) is 1. The second kappa shape index (κ2) is 6.54. The topological polar surface area (TPSA) is 103 Å². The van der Waals surface area contributed by atoms with Gasteiger partial charge in [-0.1, -0.05) is 34.1 Å². The van der Waals surface area contributed by atoms with E-state index in [2.05, 4.69) is 40.7 Å². The summed E-state index contributed by atoms with van der Waals surface area (Å²) in [6, 6.07) is 12.5. The average molecular weight is 434 g/mol. The van der Waals surface area contributed by atoms with Crippen LogP contribution in [0.4, 0.5) is 5.69 Å². The molecule has 0 unspecified atom stereocenters. The summed E-state index contributed by atoms with van der Waals surface area (Å²) in [7, 11) is -3.85. The Morgan fingerprint density at radius 2 is 1.92 bits per heavy atom. The highest BCUT2D eigenvalue weighted by Crippen LogP contribution is 2.22. The summed E-state index contributed by atoms with van der Waals surface area (Å²) in [6.45, 7) is 0.526. The van der Waals surface area contributed by atoms with Crippen LogP contribution >= 0.6 is 15.9 Å². The van der Waals surface area contributed by atoms with Crippen molar-refractivity contribution in [3.8, 4) is 0 Å². The van der Waals surface area contributed by atoms with E-state index in [-0.39, 0.29) is 10.4 Å². The van der Waals surface area contributed by atoms with E-state index in [0.29, 0.717) is 17.7 Å². The fraction of sp³-hybridized carbons (Fsp3) is 0.0625. The molecule has 4 aromatic rings. The van der Waals surface area contributed by atoms with Crippen LogP contribution in [0.2, 0.25) is 0 Å². The number of hydrogen-bond acceptors (Lipinski definition) is 6. The van der Waals surface area contributed by atoms with Crippen molar-refractivity contribution in [1.29, 1.82) is 0 Å². The Labute approximate surface area is 157 Å². The van der Waals surface area contributed by atoms with Gasteiger partial charge in [0.2, 0.25) is 0 Å². The standard InChI is InChI=1S/C16H12BrN5O3S/c17-12-6-4-11(5-7-12)9-22-10-13(8-18-22)21-26(23,24)15-3-1-2-14-16(15)20-25-19-14/h1-8,10,21H,9H2. The number of aromatic nitrogens is 4. The second-order valence-electron chi connectivity index (χ2n) is 5.55. The molecule has 26 heavy (non-hydrogen) atoms. The number of halogens is 1. The lowest BCUT2D eigenvalue weighted by molar-refractivity contribution is 0.315. The molecule has 0 spiro atoms. The molecule has 0 saturated carbocycles. The first-order valence-electron chi connectivity index (χ1n) is 7.52. The molecule has 4 rings (SSSR count). The number of benzene rings is 2. The summed E-state index contributed by atoms with van der Waals surface area (Å²) >= 11 is 3.39. The second-order valence-corrected chi connectivity index (χ2v) is 8.11. The van der Waals surface area contributed by atoms with Gasteiger partial charge in [0.05, 0.1) is 18.4 Å². The van der Waals surface area contributed by atoms with Crippen molar-refractivity contribution in [3.63, 3.8) is 0 Å². The molecule has 2 heterocycles. The number of hydrogen-bond donors (Lipinski definition) is 1. The van der Waals surface area contributed by atoms with Gasteiger partial charge in [0.15, 0.2) is 5.52 Å². The first-order chi connectivity index (χ1) is 12.5. The van der Waals surface area contributed by atoms with Gasteiger partial charge in [0.1, 0.15) is 10.4 Å². The molecular formula is C16H12BrN5O3S. The first kappa shape index (κ1) is 16.7. The summed E-state index contributed by atoms with van der Waals surface area (Å²) < 4.78 is 35.1. The van der Waals surface area contributed by atoms with Gasteiger partial charge in [-0.3, -0.25) is 9.40 Å². The third kappa shape index (κ3) is 3.33. The minimum atomic E-state index is -3.85. The Kier molecular flexibility index (Phi) is 4.21. The van der Waals surface area contributed by atoms with E-state index in [4.69, 9.17) is 0 Å². The van der Waals surface area contributed by atoms with E-state index < -0.39 is 10.0 Å². The molecule has 0 radical (unpaired) electrons. The minimum absolute atomic E-state index is 0.00286. The Morgan fingerprint density at radius 3 is 2.73 bits per heavy atom. The third-order valence-corrected chi connectivity index (χ3v) is 5.62. The molecule has 0 aliphatic carbocycles. The van der Waals surface area contributed by atoms with E-state index >= 15 is 0 Å². The Balaban J connectivity index is 1.56. The van der Waals surface area contributed by atoms with Gasteiger partial charge in [-0.05, 0) is 40.1 Å². The molecule has 0 amide bonds. The summed E-state index contributed by atoms with van der Waals surface area (Å²) in [6.07, 6.45) is 3.08. The van der Waals surface area contributed by atoms with Gasteiger partial charge in [-0.2, -0.15) is 5.10 Å². The van der Waals surface area contributed by atoms with Crippen molar-refractivity contribution in [3.05, 3.63) is 64.9 Å². The maximum atomic E-state index is 12.7. The summed E-state index contributed by atoms with van der Waals surface area (Å²) in [4.78, 5) is -0.00286. The van der Waals surface area contributed by atoms with Crippen molar-refractivity contribution in [2.45, 2.75) is 11.4 Å². The zero-order valence-electron chi connectivity index (χ0n) is 13.2. The summed E-state index contributed by atoms with van der Waals surface area (Å²) in [5.74, 6) is 0. The van der Waals surface area contributed by atoms with Crippen LogP contribution in [0.15, 0.2) is 68.9 Å². The highest BCUT2D eigenvalue weighted by molar-refractivity contribution is 9.10. The van der Waals surface area contributed by atoms with E-state index in [0.717, 1.165) is 10.0 Å². The van der Waals surface area contributed by atoms with Crippen molar-refractivity contribution in [1.82, 2.24) is 20.1 Å². The number of fused-ring (bicyclic) bond motifs is 1. The van der Waals surface area contributed by atoms with Crippen LogP contribution in [-0.2, 0) is 16.6 Å². The first-order valence-corrected chi connectivity index (χ1v) is 9.80. The maximum Gasteiger partial charge on any atom is 0.264 e. The predicted octanol–water partition coefficient (Wildman–Crippen LogP) is 3.03. The van der Waals surface area contributed by atoms with Gasteiger partial charge in [0.25, 0.3) is 10.0 Å². The van der Waals surface area contributed by atoms with E-state index in [1.165, 1.54) is 12.3 Å². The van der Waals surface area contributed by atoms with Gasteiger partial charge >= 0.3 is 0 Å². The normalized spacial score (nSPS) is 11.7. The quantitative estimate of drug-likeness (QED) is 0.518. The number of rotatable bonds is 5. The van der Waals surface area contributed by atoms with Crippen molar-refractivity contribution in [2.75, 3.05) is 4.72 Å². The van der Waals surface area contributed by atoms with Gasteiger partial charge < -0.3 is 0 Å². The molecule has 0 saturated heterocycles. The smallest absolute Gasteiger partial charge is 0.264 e. The summed E-state index contributed by atoms with van der Waals surface area (Å²) in [5, 5.41) is 11.5. The Hall–Kier alpha value is -2.72. The molecule has 132 valence electrons. The van der Waals surface area contributed by atoms with E-state index in [1.807, 2.05) is 24.3 Å². The number of sulfonamides is 1. The average Bonchev–Trinajstić information content (AvgIpc) is 3.25. The molecule has 0 aliphatic heterocycles. The molecule has 0 atom stereocenters. The molecule has 10 heteroatoms. The lowest BCUT2D eigenvalue weighted by Crippen LogP contribution is -2.13. The predicted molar refractivity (Wildman–Crippen MR) is 98.1 cm³/mol. The van der Waals surface area contributed by atoms with E-state index in [1.54, 1.807) is 23.0 Å². The Morgan fingerprint density at radius 1 is 1.12 bits per heavy atom. The molecule has 2 aromatic heterocycles. The van der Waals surface area contributed by atoms with Crippen LogP contribution < -0.4 is 4.72 Å². The van der Waals surface area contributed by atoms with Crippen LogP contribution in [0.25, 0.3) is 11.0 Å². The van der Waals surface area contributed by atoms with Gasteiger partial charge in [0, 0.05) is 10.7 Å². The van der Waals surface area contributed by atoms with Crippen molar-refractivity contribution in [2.24, 2.45) is 0 Å². The largest absolute Gasteiger partial charge is 0.276 e. The number of nitrogens with zero attached hydrogens (tertiary/aromatic N) is 4. The van der Waals surface area contributed by atoms with Crippen LogP contribution in [-0.4, -0.2) is 28.5 Å². The summed E-state index contributed by atoms with van der Waals surface area (Å²) in [5.41, 5.74) is 1.96. The molecule has 0 fully saturated rings. The monoisotopic (exact) mass is 433 g/mol. The van der Waals surface area contributed by atoms with Crippen LogP contribution in [0.1, 0.15) is 5.56 Å². The van der Waals surface area contributed by atoms with E-state index in [9.17, 15) is 8.42 Å². The molecule has 0 aliphatic rings. The number of anilines is 1. The molecule has 1 N–H and O–H groups in total. The Bertz CT molecular complexity index is 1170. The minimum Gasteiger partial charge on any atom is -0.276 e. The van der Waals surface area contributed by atoms with Crippen LogP contribution in [0.3, 0.4) is 0 Å².